The molecule has 1 atom stereocenters. The van der Waals surface area contributed by atoms with Crippen LogP contribution in [0.3, 0.4) is 0 Å². The first-order valence-corrected chi connectivity index (χ1v) is 17.7. The highest BCUT2D eigenvalue weighted by atomic mass is 32.2. The highest BCUT2D eigenvalue weighted by Gasteiger charge is 2.39. The van der Waals surface area contributed by atoms with Gasteiger partial charge >= 0.3 is 6.03 Å². The summed E-state index contributed by atoms with van der Waals surface area (Å²) in [5.41, 5.74) is 4.39. The second-order valence-electron chi connectivity index (χ2n) is 13.5. The smallest absolute Gasteiger partial charge is 0.324 e. The molecular formula is C36H44N6O4S. The molecule has 2 aliphatic rings. The number of sulfone groups is 1. The third-order valence-electron chi connectivity index (χ3n) is 9.02. The molecule has 1 aromatic heterocycles. The first kappa shape index (κ1) is 32.6. The zero-order chi connectivity index (χ0) is 33.3. The quantitative estimate of drug-likeness (QED) is 0.209. The number of ether oxygens (including phenoxy) is 1. The van der Waals surface area contributed by atoms with Gasteiger partial charge in [-0.15, -0.1) is 0 Å². The number of nitrogens with zero attached hydrogens (tertiary/aromatic N) is 3. The van der Waals surface area contributed by atoms with Gasteiger partial charge in [0.15, 0.2) is 9.84 Å². The zero-order valence-electron chi connectivity index (χ0n) is 27.7. The number of fused-ring (bicyclic) bond motifs is 1. The number of anilines is 3. The molecule has 0 spiro atoms. The molecule has 0 saturated carbocycles. The number of piperidine rings is 1. The number of aromatic nitrogens is 2. The standard InChI is InChI=1S/C36H44N6O4S/c1-24-10-12-26(13-11-24)42-33(23-32(40-42)36(2,3)4)39-35(43)38-29-9-7-6-8-28(29)34(25-16-18-37-19-17-25)47(44,45)27-14-15-30-31(22-27)46-21-20-41(30)5/h6-15,22-23,25,34,37H,16-21H2,1-5H3,(H2,38,39,43). The summed E-state index contributed by atoms with van der Waals surface area (Å²) >= 11 is 0. The predicted molar refractivity (Wildman–Crippen MR) is 187 cm³/mol. The Hall–Kier alpha value is -4.35. The number of likely N-dealkylation sites (N-methyl/N-ethyl adjacent to an activating group) is 1. The Bertz CT molecular complexity index is 1860. The van der Waals surface area contributed by atoms with Crippen molar-refractivity contribution < 1.29 is 17.9 Å². The van der Waals surface area contributed by atoms with Crippen molar-refractivity contribution >= 4 is 33.1 Å². The summed E-state index contributed by atoms with van der Waals surface area (Å²) < 4.78 is 36.8. The van der Waals surface area contributed by atoms with Crippen molar-refractivity contribution in [2.75, 3.05) is 48.8 Å². The van der Waals surface area contributed by atoms with Crippen LogP contribution in [-0.2, 0) is 15.3 Å². The molecule has 3 aromatic carbocycles. The molecule has 6 rings (SSSR count). The van der Waals surface area contributed by atoms with Crippen LogP contribution in [0.2, 0.25) is 0 Å². The van der Waals surface area contributed by atoms with Gasteiger partial charge in [0.2, 0.25) is 0 Å². The van der Waals surface area contributed by atoms with Gasteiger partial charge in [-0.3, -0.25) is 5.32 Å². The first-order chi connectivity index (χ1) is 22.4. The summed E-state index contributed by atoms with van der Waals surface area (Å²) in [6, 6.07) is 21.7. The highest BCUT2D eigenvalue weighted by molar-refractivity contribution is 7.91. The lowest BCUT2D eigenvalue weighted by atomic mass is 9.89. The fourth-order valence-corrected chi connectivity index (χ4v) is 8.47. The first-order valence-electron chi connectivity index (χ1n) is 16.2. The van der Waals surface area contributed by atoms with Crippen LogP contribution in [-0.4, -0.2) is 57.5 Å². The van der Waals surface area contributed by atoms with E-state index in [1.165, 1.54) is 0 Å². The van der Waals surface area contributed by atoms with E-state index in [9.17, 15) is 13.2 Å². The molecule has 2 aliphatic heterocycles. The number of para-hydroxylation sites is 1. The lowest BCUT2D eigenvalue weighted by Gasteiger charge is -2.33. The molecule has 1 unspecified atom stereocenters. The molecule has 47 heavy (non-hydrogen) atoms. The van der Waals surface area contributed by atoms with E-state index in [1.807, 2.05) is 68.6 Å². The predicted octanol–water partition coefficient (Wildman–Crippen LogP) is 6.47. The summed E-state index contributed by atoms with van der Waals surface area (Å²) in [5, 5.41) is 13.3. The number of rotatable bonds is 7. The van der Waals surface area contributed by atoms with E-state index in [0.717, 1.165) is 42.3 Å². The van der Waals surface area contributed by atoms with Crippen LogP contribution in [0.1, 0.15) is 55.7 Å². The van der Waals surface area contributed by atoms with Crippen molar-refractivity contribution in [3.8, 4) is 11.4 Å². The Morgan fingerprint density at radius 3 is 2.45 bits per heavy atom. The molecule has 2 amide bonds. The van der Waals surface area contributed by atoms with Crippen LogP contribution in [0.25, 0.3) is 5.69 Å². The van der Waals surface area contributed by atoms with Crippen LogP contribution in [0.5, 0.6) is 5.75 Å². The van der Waals surface area contributed by atoms with Crippen LogP contribution in [0.4, 0.5) is 22.0 Å². The Balaban J connectivity index is 1.34. The lowest BCUT2D eigenvalue weighted by molar-refractivity contribution is 0.262. The average molecular weight is 657 g/mol. The topological polar surface area (TPSA) is 118 Å². The molecule has 3 N–H and O–H groups in total. The Morgan fingerprint density at radius 1 is 1.00 bits per heavy atom. The number of hydrogen-bond donors (Lipinski definition) is 3. The minimum Gasteiger partial charge on any atom is -0.490 e. The summed E-state index contributed by atoms with van der Waals surface area (Å²) in [7, 11) is -1.92. The van der Waals surface area contributed by atoms with Gasteiger partial charge in [-0.1, -0.05) is 56.7 Å². The number of amides is 2. The molecule has 11 heteroatoms. The number of hydrogen-bond acceptors (Lipinski definition) is 7. The minimum atomic E-state index is -3.89. The number of carbonyl (C=O) groups excluding carboxylic acids is 1. The van der Waals surface area contributed by atoms with Crippen LogP contribution in [0, 0.1) is 12.8 Å². The molecule has 0 radical (unpaired) electrons. The largest absolute Gasteiger partial charge is 0.490 e. The van der Waals surface area contributed by atoms with Crippen molar-refractivity contribution in [2.24, 2.45) is 5.92 Å². The lowest BCUT2D eigenvalue weighted by Crippen LogP contribution is -2.34. The van der Waals surface area contributed by atoms with Crippen LogP contribution >= 0.6 is 0 Å². The molecular weight excluding hydrogens is 613 g/mol. The van der Waals surface area contributed by atoms with Gasteiger partial charge in [-0.2, -0.15) is 5.10 Å². The third kappa shape index (κ3) is 6.87. The second kappa shape index (κ2) is 13.0. The number of aryl methyl sites for hydroxylation is 1. The molecule has 248 valence electrons. The van der Waals surface area contributed by atoms with Crippen molar-refractivity contribution in [3.63, 3.8) is 0 Å². The normalized spacial score (nSPS) is 16.2. The maximum absolute atomic E-state index is 14.6. The fraction of sp³-hybridized carbons (Fsp3) is 0.389. The molecule has 0 aliphatic carbocycles. The van der Waals surface area contributed by atoms with Crippen molar-refractivity contribution in [2.45, 2.75) is 56.1 Å². The monoisotopic (exact) mass is 656 g/mol. The average Bonchev–Trinajstić information content (AvgIpc) is 3.47. The Labute approximate surface area is 277 Å². The molecule has 3 heterocycles. The van der Waals surface area contributed by atoms with E-state index in [-0.39, 0.29) is 16.2 Å². The van der Waals surface area contributed by atoms with Gasteiger partial charge in [-0.05, 0) is 74.7 Å². The third-order valence-corrected chi connectivity index (χ3v) is 11.2. The Kier molecular flexibility index (Phi) is 9.04. The fourth-order valence-electron chi connectivity index (χ4n) is 6.33. The van der Waals surface area contributed by atoms with E-state index in [0.29, 0.717) is 42.3 Å². The van der Waals surface area contributed by atoms with Gasteiger partial charge in [0, 0.05) is 30.3 Å². The summed E-state index contributed by atoms with van der Waals surface area (Å²) in [6.45, 7) is 10.9. The zero-order valence-corrected chi connectivity index (χ0v) is 28.5. The summed E-state index contributed by atoms with van der Waals surface area (Å²) in [5.74, 6) is 0.925. The SMILES string of the molecule is Cc1ccc(-n2nc(C(C)(C)C)cc2NC(=O)Nc2ccccc2C(C2CCNCC2)S(=O)(=O)c2ccc3c(c2)OCCN3C)cc1. The van der Waals surface area contributed by atoms with Gasteiger partial charge < -0.3 is 20.3 Å². The summed E-state index contributed by atoms with van der Waals surface area (Å²) in [4.78, 5) is 16.0. The molecule has 0 bridgehead atoms. The van der Waals surface area contributed by atoms with Gasteiger partial charge in [-0.25, -0.2) is 17.9 Å². The van der Waals surface area contributed by atoms with Crippen molar-refractivity contribution in [3.05, 3.63) is 89.6 Å². The van der Waals surface area contributed by atoms with Gasteiger partial charge in [0.25, 0.3) is 0 Å². The summed E-state index contributed by atoms with van der Waals surface area (Å²) in [6.07, 6.45) is 1.39. The molecule has 1 fully saturated rings. The second-order valence-corrected chi connectivity index (χ2v) is 15.6. The molecule has 1 saturated heterocycles. The minimum absolute atomic E-state index is 0.149. The molecule has 10 nitrogen and oxygen atoms in total. The van der Waals surface area contributed by atoms with Gasteiger partial charge in [0.05, 0.1) is 33.8 Å². The molecule has 4 aromatic rings. The Morgan fingerprint density at radius 2 is 1.72 bits per heavy atom. The van der Waals surface area contributed by atoms with Crippen LogP contribution in [0.15, 0.2) is 77.7 Å². The van der Waals surface area contributed by atoms with E-state index in [1.54, 1.807) is 22.9 Å². The maximum Gasteiger partial charge on any atom is 0.324 e. The van der Waals surface area contributed by atoms with Crippen LogP contribution < -0.4 is 25.6 Å². The van der Waals surface area contributed by atoms with E-state index >= 15 is 0 Å². The van der Waals surface area contributed by atoms with E-state index in [2.05, 4.69) is 41.6 Å². The van der Waals surface area contributed by atoms with Crippen molar-refractivity contribution in [1.29, 1.82) is 0 Å². The van der Waals surface area contributed by atoms with E-state index in [4.69, 9.17) is 9.84 Å². The number of carbonyl (C=O) groups is 1. The van der Waals surface area contributed by atoms with Crippen molar-refractivity contribution in [1.82, 2.24) is 15.1 Å². The number of benzene rings is 3. The maximum atomic E-state index is 14.6. The number of nitrogens with one attached hydrogen (secondary N) is 3. The number of urea groups is 1. The van der Waals surface area contributed by atoms with E-state index < -0.39 is 21.1 Å². The van der Waals surface area contributed by atoms with Gasteiger partial charge in [0.1, 0.15) is 18.2 Å². The highest BCUT2D eigenvalue weighted by Crippen LogP contribution is 2.44.